The molecule has 112 valence electrons. The first-order valence-corrected chi connectivity index (χ1v) is 7.63. The van der Waals surface area contributed by atoms with Gasteiger partial charge in [0.25, 0.3) is 5.91 Å². The summed E-state index contributed by atoms with van der Waals surface area (Å²) in [5.41, 5.74) is 0.518. The van der Waals surface area contributed by atoms with Crippen molar-refractivity contribution in [2.75, 3.05) is 11.6 Å². The quantitative estimate of drug-likeness (QED) is 0.859. The zero-order valence-corrected chi connectivity index (χ0v) is 12.3. The van der Waals surface area contributed by atoms with E-state index < -0.39 is 24.0 Å². The number of thioether (sulfide) groups is 1. The summed E-state index contributed by atoms with van der Waals surface area (Å²) in [6, 6.07) is 7.12. The van der Waals surface area contributed by atoms with Gasteiger partial charge < -0.3 is 15.3 Å². The first-order valence-electron chi connectivity index (χ1n) is 6.47. The minimum absolute atomic E-state index is 0.219. The smallest absolute Gasteiger partial charge is 0.325 e. The molecule has 1 aromatic carbocycles. The predicted molar refractivity (Wildman–Crippen MR) is 79.0 cm³/mol. The van der Waals surface area contributed by atoms with E-state index in [-0.39, 0.29) is 5.91 Å². The second kappa shape index (κ2) is 6.62. The molecule has 0 bridgehead atoms. The van der Waals surface area contributed by atoms with Crippen LogP contribution in [0, 0.1) is 0 Å². The van der Waals surface area contributed by atoms with Crippen LogP contribution in [0.2, 0.25) is 0 Å². The molecule has 2 amide bonds. The number of nitrogens with zero attached hydrogens (tertiary/aromatic N) is 1. The Morgan fingerprint density at radius 2 is 2.00 bits per heavy atom. The van der Waals surface area contributed by atoms with Gasteiger partial charge in [-0.15, -0.1) is 11.8 Å². The Morgan fingerprint density at radius 3 is 2.62 bits per heavy atom. The van der Waals surface area contributed by atoms with E-state index in [0.29, 0.717) is 17.2 Å². The van der Waals surface area contributed by atoms with Crippen molar-refractivity contribution in [1.82, 2.24) is 10.2 Å². The van der Waals surface area contributed by atoms with E-state index in [1.807, 2.05) is 6.07 Å². The molecule has 2 unspecified atom stereocenters. The highest BCUT2D eigenvalue weighted by molar-refractivity contribution is 7.99. The average Bonchev–Trinajstić information content (AvgIpc) is 2.96. The Bertz CT molecular complexity index is 549. The van der Waals surface area contributed by atoms with E-state index in [1.54, 1.807) is 24.3 Å². The van der Waals surface area contributed by atoms with Crippen molar-refractivity contribution in [1.29, 1.82) is 0 Å². The van der Waals surface area contributed by atoms with Crippen molar-refractivity contribution in [3.63, 3.8) is 0 Å². The second-order valence-corrected chi connectivity index (χ2v) is 5.72. The number of carboxylic acids is 1. The van der Waals surface area contributed by atoms with E-state index in [4.69, 9.17) is 5.11 Å². The normalized spacial score (nSPS) is 19.1. The standard InChI is InChI=1S/C14H16N2O4S/c1-9(14(19)20)15-12(17)11-7-21-8-16(11)13(18)10-5-3-2-4-6-10/h2-6,9,11H,7-8H2,1H3,(H,15,17)(H,19,20). The minimum Gasteiger partial charge on any atom is -0.480 e. The summed E-state index contributed by atoms with van der Waals surface area (Å²) in [6.07, 6.45) is 0. The molecule has 2 rings (SSSR count). The second-order valence-electron chi connectivity index (χ2n) is 4.73. The Labute approximate surface area is 126 Å². The van der Waals surface area contributed by atoms with Gasteiger partial charge >= 0.3 is 5.97 Å². The molecular weight excluding hydrogens is 292 g/mol. The molecule has 1 aromatic rings. The lowest BCUT2D eigenvalue weighted by Gasteiger charge is -2.24. The van der Waals surface area contributed by atoms with Crippen LogP contribution in [0.25, 0.3) is 0 Å². The summed E-state index contributed by atoms with van der Waals surface area (Å²) in [7, 11) is 0. The molecule has 1 saturated heterocycles. The highest BCUT2D eigenvalue weighted by Crippen LogP contribution is 2.23. The Morgan fingerprint density at radius 1 is 1.33 bits per heavy atom. The van der Waals surface area contributed by atoms with Gasteiger partial charge in [0, 0.05) is 11.3 Å². The molecule has 0 spiro atoms. The minimum atomic E-state index is -1.10. The van der Waals surface area contributed by atoms with Crippen LogP contribution in [-0.2, 0) is 9.59 Å². The molecular formula is C14H16N2O4S. The van der Waals surface area contributed by atoms with Gasteiger partial charge in [-0.3, -0.25) is 14.4 Å². The molecule has 0 radical (unpaired) electrons. The molecule has 21 heavy (non-hydrogen) atoms. The largest absolute Gasteiger partial charge is 0.480 e. The summed E-state index contributed by atoms with van der Waals surface area (Å²) >= 11 is 1.47. The number of nitrogens with one attached hydrogen (secondary N) is 1. The van der Waals surface area contributed by atoms with Gasteiger partial charge in [0.15, 0.2) is 0 Å². The molecule has 0 aliphatic carbocycles. The molecule has 1 fully saturated rings. The number of carboxylic acid groups (broad SMARTS) is 1. The summed E-state index contributed by atoms with van der Waals surface area (Å²) in [5, 5.41) is 11.2. The zero-order valence-electron chi connectivity index (χ0n) is 11.5. The lowest BCUT2D eigenvalue weighted by molar-refractivity contribution is -0.141. The van der Waals surface area contributed by atoms with E-state index in [1.165, 1.54) is 23.6 Å². The number of amides is 2. The highest BCUT2D eigenvalue weighted by atomic mass is 32.2. The van der Waals surface area contributed by atoms with Crippen LogP contribution < -0.4 is 5.32 Å². The number of benzene rings is 1. The fourth-order valence-corrected chi connectivity index (χ4v) is 3.13. The maximum absolute atomic E-state index is 12.4. The van der Waals surface area contributed by atoms with Crippen LogP contribution in [0.4, 0.5) is 0 Å². The monoisotopic (exact) mass is 308 g/mol. The number of hydrogen-bond donors (Lipinski definition) is 2. The van der Waals surface area contributed by atoms with E-state index >= 15 is 0 Å². The fourth-order valence-electron chi connectivity index (χ4n) is 1.98. The van der Waals surface area contributed by atoms with Gasteiger partial charge in [-0.25, -0.2) is 0 Å². The zero-order chi connectivity index (χ0) is 15.4. The summed E-state index contributed by atoms with van der Waals surface area (Å²) in [5.74, 6) is -0.859. The van der Waals surface area contributed by atoms with Crippen molar-refractivity contribution in [3.05, 3.63) is 35.9 Å². The van der Waals surface area contributed by atoms with Crippen LogP contribution in [0.5, 0.6) is 0 Å². The molecule has 7 heteroatoms. The third kappa shape index (κ3) is 3.55. The first kappa shape index (κ1) is 15.4. The predicted octanol–water partition coefficient (Wildman–Crippen LogP) is 0.791. The molecule has 0 saturated carbocycles. The first-order chi connectivity index (χ1) is 10.0. The van der Waals surface area contributed by atoms with Crippen molar-refractivity contribution >= 4 is 29.5 Å². The van der Waals surface area contributed by atoms with Gasteiger partial charge in [0.2, 0.25) is 5.91 Å². The SMILES string of the molecule is CC(NC(=O)C1CSCN1C(=O)c1ccccc1)C(=O)O. The van der Waals surface area contributed by atoms with Gasteiger partial charge in [-0.05, 0) is 19.1 Å². The molecule has 2 atom stereocenters. The van der Waals surface area contributed by atoms with Gasteiger partial charge in [-0.2, -0.15) is 0 Å². The highest BCUT2D eigenvalue weighted by Gasteiger charge is 2.35. The fraction of sp³-hybridized carbons (Fsp3) is 0.357. The van der Waals surface area contributed by atoms with Gasteiger partial charge in [-0.1, -0.05) is 18.2 Å². The lowest BCUT2D eigenvalue weighted by Crippen LogP contribution is -2.51. The molecule has 6 nitrogen and oxygen atoms in total. The van der Waals surface area contributed by atoms with Gasteiger partial charge in [0.05, 0.1) is 5.88 Å². The maximum Gasteiger partial charge on any atom is 0.325 e. The number of carbonyl (C=O) groups is 3. The number of carbonyl (C=O) groups excluding carboxylic acids is 2. The van der Waals surface area contributed by atoms with Crippen molar-refractivity contribution in [2.24, 2.45) is 0 Å². The molecule has 1 heterocycles. The molecule has 1 aliphatic heterocycles. The van der Waals surface area contributed by atoms with E-state index in [9.17, 15) is 14.4 Å². The Balaban J connectivity index is 2.08. The third-order valence-corrected chi connectivity index (χ3v) is 4.21. The maximum atomic E-state index is 12.4. The lowest BCUT2D eigenvalue weighted by atomic mass is 10.1. The Hall–Kier alpha value is -2.02. The Kier molecular flexibility index (Phi) is 4.85. The third-order valence-electron chi connectivity index (χ3n) is 3.20. The van der Waals surface area contributed by atoms with Crippen LogP contribution in [0.3, 0.4) is 0 Å². The molecule has 0 aromatic heterocycles. The van der Waals surface area contributed by atoms with Crippen molar-refractivity contribution in [3.8, 4) is 0 Å². The van der Waals surface area contributed by atoms with Crippen molar-refractivity contribution in [2.45, 2.75) is 19.0 Å². The van der Waals surface area contributed by atoms with Crippen LogP contribution in [0.1, 0.15) is 17.3 Å². The van der Waals surface area contributed by atoms with E-state index in [2.05, 4.69) is 5.32 Å². The number of aliphatic carboxylic acids is 1. The number of hydrogen-bond acceptors (Lipinski definition) is 4. The van der Waals surface area contributed by atoms with Crippen LogP contribution in [-0.4, -0.2) is 51.5 Å². The topological polar surface area (TPSA) is 86.7 Å². The molecule has 1 aliphatic rings. The van der Waals surface area contributed by atoms with E-state index in [0.717, 1.165) is 0 Å². The van der Waals surface area contributed by atoms with Crippen LogP contribution >= 0.6 is 11.8 Å². The van der Waals surface area contributed by atoms with Crippen molar-refractivity contribution < 1.29 is 19.5 Å². The summed E-state index contributed by atoms with van der Waals surface area (Å²) in [4.78, 5) is 36.8. The van der Waals surface area contributed by atoms with Gasteiger partial charge in [0.1, 0.15) is 12.1 Å². The average molecular weight is 308 g/mol. The summed E-state index contributed by atoms with van der Waals surface area (Å²) in [6.45, 7) is 1.39. The number of rotatable bonds is 4. The summed E-state index contributed by atoms with van der Waals surface area (Å²) < 4.78 is 0. The van der Waals surface area contributed by atoms with Crippen LogP contribution in [0.15, 0.2) is 30.3 Å². The molecule has 2 N–H and O–H groups in total.